The van der Waals surface area contributed by atoms with Crippen molar-refractivity contribution in [1.29, 1.82) is 0 Å². The molecule has 168 valence electrons. The standard InChI is InChI=1S/C21H19F2N3O5S/c1-11(15-8-16(22)19(17(23)9-15)26-32(3,29)30)24-20(28)18-10-31-21(25-18)14-6-4-5-13(7-14)12(2)27/h4-11,26H,1-3H3,(H,24,28)/t11-/m1/s1. The molecule has 11 heteroatoms. The summed E-state index contributed by atoms with van der Waals surface area (Å²) in [4.78, 5) is 28.1. The van der Waals surface area contributed by atoms with E-state index in [-0.39, 0.29) is 22.9 Å². The van der Waals surface area contributed by atoms with Crippen molar-refractivity contribution < 1.29 is 31.2 Å². The number of amides is 1. The van der Waals surface area contributed by atoms with E-state index in [1.54, 1.807) is 29.0 Å². The summed E-state index contributed by atoms with van der Waals surface area (Å²) in [5.41, 5.74) is 0.159. The number of nitrogens with one attached hydrogen (secondary N) is 2. The van der Waals surface area contributed by atoms with Crippen LogP contribution in [0, 0.1) is 11.6 Å². The lowest BCUT2D eigenvalue weighted by atomic mass is 10.1. The SMILES string of the molecule is CC(=O)c1cccc(-c2nc(C(=O)N[C@H](C)c3cc(F)c(NS(C)(=O)=O)c(F)c3)co2)c1. The second-order valence-corrected chi connectivity index (χ2v) is 8.85. The number of aromatic nitrogens is 1. The summed E-state index contributed by atoms with van der Waals surface area (Å²) in [6.45, 7) is 2.91. The first-order valence-electron chi connectivity index (χ1n) is 9.29. The van der Waals surface area contributed by atoms with Gasteiger partial charge < -0.3 is 9.73 Å². The summed E-state index contributed by atoms with van der Waals surface area (Å²) >= 11 is 0. The van der Waals surface area contributed by atoms with Gasteiger partial charge in [-0.3, -0.25) is 14.3 Å². The number of hydrogen-bond acceptors (Lipinski definition) is 6. The molecular formula is C21H19F2N3O5S. The number of anilines is 1. The number of oxazole rings is 1. The summed E-state index contributed by atoms with van der Waals surface area (Å²) in [5, 5.41) is 2.54. The number of ketones is 1. The van der Waals surface area contributed by atoms with Crippen molar-refractivity contribution in [1.82, 2.24) is 10.3 Å². The van der Waals surface area contributed by atoms with Gasteiger partial charge in [-0.2, -0.15) is 0 Å². The molecule has 1 aromatic heterocycles. The Bertz CT molecular complexity index is 1280. The maximum absolute atomic E-state index is 14.2. The molecule has 3 aromatic rings. The molecule has 1 amide bonds. The first kappa shape index (κ1) is 23.1. The highest BCUT2D eigenvalue weighted by Crippen LogP contribution is 2.25. The normalized spacial score (nSPS) is 12.3. The number of benzene rings is 2. The molecule has 0 unspecified atom stereocenters. The topological polar surface area (TPSA) is 118 Å². The van der Waals surface area contributed by atoms with Gasteiger partial charge in [-0.05, 0) is 43.7 Å². The fourth-order valence-corrected chi connectivity index (χ4v) is 3.43. The van der Waals surface area contributed by atoms with Gasteiger partial charge in [0.1, 0.15) is 12.0 Å². The Labute approximate surface area is 182 Å². The maximum atomic E-state index is 14.2. The van der Waals surface area contributed by atoms with Crippen LogP contribution in [0.5, 0.6) is 0 Å². The third kappa shape index (κ3) is 5.35. The van der Waals surface area contributed by atoms with E-state index in [0.29, 0.717) is 11.1 Å². The van der Waals surface area contributed by atoms with Crippen LogP contribution in [0.25, 0.3) is 11.5 Å². The van der Waals surface area contributed by atoms with Crippen LogP contribution in [0.3, 0.4) is 0 Å². The molecule has 2 aromatic carbocycles. The maximum Gasteiger partial charge on any atom is 0.273 e. The molecule has 0 saturated carbocycles. The minimum absolute atomic E-state index is 0.0728. The smallest absolute Gasteiger partial charge is 0.273 e. The number of sulfonamides is 1. The molecule has 0 aliphatic heterocycles. The third-order valence-electron chi connectivity index (χ3n) is 4.45. The first-order valence-corrected chi connectivity index (χ1v) is 11.2. The van der Waals surface area contributed by atoms with Crippen molar-refractivity contribution in [2.75, 3.05) is 11.0 Å². The molecule has 1 atom stereocenters. The molecule has 0 bridgehead atoms. The molecule has 2 N–H and O–H groups in total. The monoisotopic (exact) mass is 463 g/mol. The zero-order valence-electron chi connectivity index (χ0n) is 17.3. The second kappa shape index (κ2) is 8.87. The van der Waals surface area contributed by atoms with E-state index in [9.17, 15) is 26.8 Å². The van der Waals surface area contributed by atoms with E-state index in [1.165, 1.54) is 13.8 Å². The van der Waals surface area contributed by atoms with E-state index in [2.05, 4.69) is 10.3 Å². The predicted molar refractivity (Wildman–Crippen MR) is 113 cm³/mol. The molecule has 3 rings (SSSR count). The largest absolute Gasteiger partial charge is 0.444 e. The van der Waals surface area contributed by atoms with Crippen LogP contribution in [-0.4, -0.2) is 31.3 Å². The van der Waals surface area contributed by atoms with Crippen molar-refractivity contribution >= 4 is 27.4 Å². The van der Waals surface area contributed by atoms with E-state index in [0.717, 1.165) is 24.7 Å². The predicted octanol–water partition coefficient (Wildman–Crippen LogP) is 3.68. The molecule has 8 nitrogen and oxygen atoms in total. The summed E-state index contributed by atoms with van der Waals surface area (Å²) in [6.07, 6.45) is 1.89. The molecule has 32 heavy (non-hydrogen) atoms. The van der Waals surface area contributed by atoms with Crippen LogP contribution in [0.2, 0.25) is 0 Å². The minimum Gasteiger partial charge on any atom is -0.444 e. The number of carbonyl (C=O) groups excluding carboxylic acids is 2. The third-order valence-corrected chi connectivity index (χ3v) is 5.03. The average Bonchev–Trinajstić information content (AvgIpc) is 3.20. The van der Waals surface area contributed by atoms with Crippen molar-refractivity contribution in [3.8, 4) is 11.5 Å². The van der Waals surface area contributed by atoms with Crippen molar-refractivity contribution in [3.63, 3.8) is 0 Å². The number of halogens is 2. The summed E-state index contributed by atoms with van der Waals surface area (Å²) in [6, 6.07) is 7.55. The van der Waals surface area contributed by atoms with Gasteiger partial charge in [0.25, 0.3) is 5.91 Å². The molecule has 0 saturated heterocycles. The van der Waals surface area contributed by atoms with E-state index in [4.69, 9.17) is 4.42 Å². The lowest BCUT2D eigenvalue weighted by Crippen LogP contribution is -2.27. The van der Waals surface area contributed by atoms with E-state index in [1.807, 2.05) is 0 Å². The molecule has 0 spiro atoms. The number of rotatable bonds is 7. The van der Waals surface area contributed by atoms with Gasteiger partial charge in [0.15, 0.2) is 23.1 Å². The van der Waals surface area contributed by atoms with Gasteiger partial charge in [0.05, 0.1) is 12.3 Å². The van der Waals surface area contributed by atoms with Crippen molar-refractivity contribution in [2.45, 2.75) is 19.9 Å². The Hall–Kier alpha value is -3.60. The lowest BCUT2D eigenvalue weighted by Gasteiger charge is -2.15. The fourth-order valence-electron chi connectivity index (χ4n) is 2.86. The highest BCUT2D eigenvalue weighted by atomic mass is 32.2. The Morgan fingerprint density at radius 3 is 2.38 bits per heavy atom. The molecule has 0 fully saturated rings. The Morgan fingerprint density at radius 1 is 1.12 bits per heavy atom. The quantitative estimate of drug-likeness (QED) is 0.516. The van der Waals surface area contributed by atoms with Crippen LogP contribution in [-0.2, 0) is 10.0 Å². The van der Waals surface area contributed by atoms with Crippen LogP contribution >= 0.6 is 0 Å². The van der Waals surface area contributed by atoms with Crippen molar-refractivity contribution in [2.24, 2.45) is 0 Å². The zero-order chi connectivity index (χ0) is 23.6. The van der Waals surface area contributed by atoms with Crippen LogP contribution in [0.4, 0.5) is 14.5 Å². The zero-order valence-corrected chi connectivity index (χ0v) is 18.1. The van der Waals surface area contributed by atoms with Crippen LogP contribution in [0.15, 0.2) is 47.1 Å². The minimum atomic E-state index is -3.88. The summed E-state index contributed by atoms with van der Waals surface area (Å²) in [7, 11) is -3.88. The van der Waals surface area contributed by atoms with Gasteiger partial charge in [0, 0.05) is 11.1 Å². The molecular weight excluding hydrogens is 444 g/mol. The first-order chi connectivity index (χ1) is 14.9. The molecule has 0 aliphatic rings. The lowest BCUT2D eigenvalue weighted by molar-refractivity contribution is 0.0933. The van der Waals surface area contributed by atoms with Crippen LogP contribution in [0.1, 0.15) is 46.3 Å². The fraction of sp³-hybridized carbons (Fsp3) is 0.190. The number of carbonyl (C=O) groups is 2. The second-order valence-electron chi connectivity index (χ2n) is 7.10. The van der Waals surface area contributed by atoms with E-state index >= 15 is 0 Å². The van der Waals surface area contributed by atoms with E-state index < -0.39 is 39.3 Å². The summed E-state index contributed by atoms with van der Waals surface area (Å²) < 4.78 is 58.0. The number of Topliss-reactive ketones (excluding diaryl/α,β-unsaturated/α-hetero) is 1. The van der Waals surface area contributed by atoms with Gasteiger partial charge in [-0.15, -0.1) is 0 Å². The molecule has 0 radical (unpaired) electrons. The average molecular weight is 463 g/mol. The van der Waals surface area contributed by atoms with Gasteiger partial charge in [-0.25, -0.2) is 22.2 Å². The van der Waals surface area contributed by atoms with Gasteiger partial charge in [0.2, 0.25) is 15.9 Å². The van der Waals surface area contributed by atoms with Crippen molar-refractivity contribution in [3.05, 3.63) is 71.1 Å². The summed E-state index contributed by atoms with van der Waals surface area (Å²) in [5.74, 6) is -2.92. The number of hydrogen-bond donors (Lipinski definition) is 2. The van der Waals surface area contributed by atoms with Crippen LogP contribution < -0.4 is 10.0 Å². The number of nitrogens with zero attached hydrogens (tertiary/aromatic N) is 1. The van der Waals surface area contributed by atoms with Gasteiger partial charge in [-0.1, -0.05) is 12.1 Å². The Balaban J connectivity index is 1.77. The highest BCUT2D eigenvalue weighted by molar-refractivity contribution is 7.92. The van der Waals surface area contributed by atoms with Gasteiger partial charge >= 0.3 is 0 Å². The molecule has 0 aliphatic carbocycles. The highest BCUT2D eigenvalue weighted by Gasteiger charge is 2.20. The Kier molecular flexibility index (Phi) is 6.40. The molecule has 1 heterocycles. The Morgan fingerprint density at radius 2 is 1.78 bits per heavy atom.